The van der Waals surface area contributed by atoms with Crippen molar-refractivity contribution in [3.05, 3.63) is 29.3 Å². The molecule has 1 aromatic carbocycles. The lowest BCUT2D eigenvalue weighted by molar-refractivity contribution is 0.193. The van der Waals surface area contributed by atoms with Crippen molar-refractivity contribution in [3.8, 4) is 5.75 Å². The summed E-state index contributed by atoms with van der Waals surface area (Å²) in [4.78, 5) is 0. The smallest absolute Gasteiger partial charge is 0.123 e. The van der Waals surface area contributed by atoms with Crippen LogP contribution in [0, 0.1) is 0 Å². The minimum absolute atomic E-state index is 0.0719. The van der Waals surface area contributed by atoms with Gasteiger partial charge in [-0.05, 0) is 41.0 Å². The van der Waals surface area contributed by atoms with Crippen molar-refractivity contribution in [2.45, 2.75) is 58.8 Å². The van der Waals surface area contributed by atoms with E-state index in [0.717, 1.165) is 31.9 Å². The van der Waals surface area contributed by atoms with Crippen molar-refractivity contribution in [2.75, 3.05) is 33.4 Å². The molecular weight excluding hydrogens is 286 g/mol. The Hall–Kier alpha value is -1.06. The monoisotopic (exact) mass is 321 g/mol. The van der Waals surface area contributed by atoms with Crippen molar-refractivity contribution < 1.29 is 9.47 Å². The lowest BCUT2D eigenvalue weighted by Crippen LogP contribution is -2.24. The normalized spacial score (nSPS) is 12.5. The molecule has 23 heavy (non-hydrogen) atoms. The highest BCUT2D eigenvalue weighted by Gasteiger charge is 2.22. The molecule has 0 radical (unpaired) electrons. The second-order valence-electron chi connectivity index (χ2n) is 8.16. The predicted octanol–water partition coefficient (Wildman–Crippen LogP) is 4.29. The van der Waals surface area contributed by atoms with Crippen molar-refractivity contribution in [2.24, 2.45) is 0 Å². The van der Waals surface area contributed by atoms with Gasteiger partial charge in [-0.2, -0.15) is 0 Å². The lowest BCUT2D eigenvalue weighted by Gasteiger charge is -2.27. The summed E-state index contributed by atoms with van der Waals surface area (Å²) in [5.41, 5.74) is 2.86. The Bertz CT molecular complexity index is 470. The van der Waals surface area contributed by atoms with E-state index in [-0.39, 0.29) is 10.8 Å². The second-order valence-corrected chi connectivity index (χ2v) is 8.16. The molecule has 3 heteroatoms. The zero-order chi connectivity index (χ0) is 17.5. The molecule has 0 bridgehead atoms. The highest BCUT2D eigenvalue weighted by molar-refractivity contribution is 5.43. The van der Waals surface area contributed by atoms with E-state index in [1.807, 2.05) is 0 Å². The van der Waals surface area contributed by atoms with E-state index >= 15 is 0 Å². The van der Waals surface area contributed by atoms with Crippen molar-refractivity contribution >= 4 is 0 Å². The Morgan fingerprint density at radius 1 is 0.913 bits per heavy atom. The van der Waals surface area contributed by atoms with Gasteiger partial charge < -0.3 is 14.8 Å². The van der Waals surface area contributed by atoms with Gasteiger partial charge >= 0.3 is 0 Å². The molecule has 3 nitrogen and oxygen atoms in total. The molecule has 0 unspecified atom stereocenters. The Labute approximate surface area is 142 Å². The number of ether oxygens (including phenoxy) is 2. The molecule has 0 aliphatic carbocycles. The van der Waals surface area contributed by atoms with Crippen LogP contribution in [0.15, 0.2) is 18.2 Å². The van der Waals surface area contributed by atoms with Gasteiger partial charge in [0.2, 0.25) is 0 Å². The maximum Gasteiger partial charge on any atom is 0.123 e. The van der Waals surface area contributed by atoms with Gasteiger partial charge in [0.05, 0.1) is 0 Å². The van der Waals surface area contributed by atoms with Gasteiger partial charge in [-0.1, -0.05) is 53.7 Å². The number of rotatable bonds is 8. The van der Waals surface area contributed by atoms with Crippen LogP contribution in [0.25, 0.3) is 0 Å². The third-order valence-electron chi connectivity index (χ3n) is 3.89. The zero-order valence-corrected chi connectivity index (χ0v) is 16.1. The largest absolute Gasteiger partial charge is 0.492 e. The van der Waals surface area contributed by atoms with E-state index in [1.165, 1.54) is 11.1 Å². The molecule has 0 spiro atoms. The van der Waals surface area contributed by atoms with Crippen LogP contribution in [0.1, 0.15) is 59.1 Å². The van der Waals surface area contributed by atoms with Crippen molar-refractivity contribution in [3.63, 3.8) is 0 Å². The molecule has 0 saturated carbocycles. The third-order valence-corrected chi connectivity index (χ3v) is 3.89. The van der Waals surface area contributed by atoms with Crippen LogP contribution in [0.3, 0.4) is 0 Å². The topological polar surface area (TPSA) is 30.5 Å². The fourth-order valence-electron chi connectivity index (χ4n) is 2.41. The third kappa shape index (κ3) is 6.92. The quantitative estimate of drug-likeness (QED) is 0.725. The molecule has 0 amide bonds. The number of nitrogens with one attached hydrogen (secondary N) is 1. The molecule has 0 aliphatic rings. The van der Waals surface area contributed by atoms with E-state index in [9.17, 15) is 0 Å². The Balaban J connectivity index is 2.67. The summed E-state index contributed by atoms with van der Waals surface area (Å²) < 4.78 is 11.1. The average Bonchev–Trinajstić information content (AvgIpc) is 2.44. The second kappa shape index (κ2) is 8.70. The molecule has 0 aliphatic heterocycles. The molecule has 0 aromatic heterocycles. The Morgan fingerprint density at radius 3 is 2.17 bits per heavy atom. The van der Waals surface area contributed by atoms with Crippen molar-refractivity contribution in [1.29, 1.82) is 0 Å². The van der Waals surface area contributed by atoms with Crippen LogP contribution >= 0.6 is 0 Å². The molecule has 132 valence electrons. The van der Waals surface area contributed by atoms with Gasteiger partial charge in [-0.25, -0.2) is 0 Å². The Morgan fingerprint density at radius 2 is 1.61 bits per heavy atom. The van der Waals surface area contributed by atoms with Crippen LogP contribution < -0.4 is 10.1 Å². The predicted molar refractivity (Wildman–Crippen MR) is 98.7 cm³/mol. The summed E-state index contributed by atoms with van der Waals surface area (Å²) >= 11 is 0. The average molecular weight is 322 g/mol. The first-order valence-corrected chi connectivity index (χ1v) is 8.63. The molecular formula is C20H35NO2. The standard InChI is InChI=1S/C20H35NO2/c1-19(2,3)16-9-10-18(17(15-16)20(4,5)6)23-14-12-21-11-8-13-22-7/h9-10,15,21H,8,11-14H2,1-7H3. The van der Waals surface area contributed by atoms with Crippen LogP contribution in [-0.4, -0.2) is 33.4 Å². The number of methoxy groups -OCH3 is 1. The molecule has 1 aromatic rings. The SMILES string of the molecule is COCCCNCCOc1ccc(C(C)(C)C)cc1C(C)(C)C. The summed E-state index contributed by atoms with van der Waals surface area (Å²) in [6, 6.07) is 6.63. The zero-order valence-electron chi connectivity index (χ0n) is 16.1. The van der Waals surface area contributed by atoms with Gasteiger partial charge in [0.25, 0.3) is 0 Å². The number of benzene rings is 1. The van der Waals surface area contributed by atoms with Crippen LogP contribution in [-0.2, 0) is 15.6 Å². The first-order valence-electron chi connectivity index (χ1n) is 8.63. The maximum absolute atomic E-state index is 6.04. The van der Waals surface area contributed by atoms with Crippen molar-refractivity contribution in [1.82, 2.24) is 5.32 Å². The first-order chi connectivity index (χ1) is 10.7. The van der Waals surface area contributed by atoms with E-state index < -0.39 is 0 Å². The summed E-state index contributed by atoms with van der Waals surface area (Å²) in [5, 5.41) is 3.38. The fraction of sp³-hybridized carbons (Fsp3) is 0.700. The number of hydrogen-bond acceptors (Lipinski definition) is 3. The highest BCUT2D eigenvalue weighted by Crippen LogP contribution is 2.35. The lowest BCUT2D eigenvalue weighted by atomic mass is 9.80. The molecule has 1 N–H and O–H groups in total. The van der Waals surface area contributed by atoms with Crippen LogP contribution in [0.2, 0.25) is 0 Å². The molecule has 0 heterocycles. The van der Waals surface area contributed by atoms with E-state index in [2.05, 4.69) is 65.1 Å². The van der Waals surface area contributed by atoms with Gasteiger partial charge in [0.15, 0.2) is 0 Å². The van der Waals surface area contributed by atoms with Gasteiger partial charge in [-0.3, -0.25) is 0 Å². The maximum atomic E-state index is 6.04. The van der Waals surface area contributed by atoms with Crippen LogP contribution in [0.5, 0.6) is 5.75 Å². The summed E-state index contributed by atoms with van der Waals surface area (Å²) in [6.45, 7) is 16.8. The minimum atomic E-state index is 0.0719. The highest BCUT2D eigenvalue weighted by atomic mass is 16.5. The fourth-order valence-corrected chi connectivity index (χ4v) is 2.41. The van der Waals surface area contributed by atoms with Gasteiger partial charge in [-0.15, -0.1) is 0 Å². The minimum Gasteiger partial charge on any atom is -0.492 e. The molecule has 0 atom stereocenters. The molecule has 0 saturated heterocycles. The summed E-state index contributed by atoms with van der Waals surface area (Å²) in [5.74, 6) is 1.00. The van der Waals surface area contributed by atoms with Gasteiger partial charge in [0, 0.05) is 20.3 Å². The number of hydrogen-bond donors (Lipinski definition) is 1. The Kier molecular flexibility index (Phi) is 7.56. The van der Waals surface area contributed by atoms with E-state index in [1.54, 1.807) is 7.11 Å². The molecule has 0 fully saturated rings. The van der Waals surface area contributed by atoms with Crippen LogP contribution in [0.4, 0.5) is 0 Å². The summed E-state index contributed by atoms with van der Waals surface area (Å²) in [7, 11) is 1.73. The van der Waals surface area contributed by atoms with E-state index in [4.69, 9.17) is 9.47 Å². The van der Waals surface area contributed by atoms with E-state index in [0.29, 0.717) is 6.61 Å². The van der Waals surface area contributed by atoms with Gasteiger partial charge in [0.1, 0.15) is 12.4 Å². The molecule has 1 rings (SSSR count). The first kappa shape index (κ1) is 20.0. The summed E-state index contributed by atoms with van der Waals surface area (Å²) in [6.07, 6.45) is 1.03.